The van der Waals surface area contributed by atoms with E-state index in [1.54, 1.807) is 0 Å². The number of rotatable bonds is 4. The van der Waals surface area contributed by atoms with E-state index in [4.69, 9.17) is 0 Å². The number of H-pyrrole nitrogens is 1. The van der Waals surface area contributed by atoms with Crippen LogP contribution in [0, 0.1) is 0 Å². The number of fused-ring (bicyclic) bond motifs is 1. The summed E-state index contributed by atoms with van der Waals surface area (Å²) in [5, 5.41) is 1.30. The first-order valence-corrected chi connectivity index (χ1v) is 8.53. The fraction of sp³-hybridized carbons (Fsp3) is 0.286. The number of aliphatic imine (C=N–C) groups is 1. The second kappa shape index (κ2) is 11.2. The zero-order valence-corrected chi connectivity index (χ0v) is 14.7. The van der Waals surface area contributed by atoms with Gasteiger partial charge in [0, 0.05) is 29.9 Å². The van der Waals surface area contributed by atoms with Crippen LogP contribution in [0.5, 0.6) is 0 Å². The van der Waals surface area contributed by atoms with Gasteiger partial charge in [0.2, 0.25) is 0 Å². The molecule has 3 rings (SSSR count). The SMILES string of the molecule is C(=NCCc1c[nH]c2ccccc12)c1ccccc1.CC.CC. The van der Waals surface area contributed by atoms with E-state index in [2.05, 4.69) is 52.6 Å². The average molecular weight is 308 g/mol. The van der Waals surface area contributed by atoms with Crippen LogP contribution in [-0.4, -0.2) is 17.7 Å². The van der Waals surface area contributed by atoms with Gasteiger partial charge in [-0.3, -0.25) is 4.99 Å². The Hall–Kier alpha value is -2.35. The summed E-state index contributed by atoms with van der Waals surface area (Å²) >= 11 is 0. The second-order valence-corrected chi connectivity index (χ2v) is 4.56. The van der Waals surface area contributed by atoms with Gasteiger partial charge in [0.1, 0.15) is 0 Å². The molecule has 23 heavy (non-hydrogen) atoms. The maximum atomic E-state index is 4.48. The standard InChI is InChI=1S/C17H16N2.2C2H6/c1-2-6-14(7-3-1)12-18-11-10-15-13-19-17-9-5-4-8-16(15)17;2*1-2/h1-9,12-13,19H,10-11H2;2*1-2H3. The molecule has 0 bridgehead atoms. The molecular weight excluding hydrogens is 280 g/mol. The van der Waals surface area contributed by atoms with Crippen molar-refractivity contribution < 1.29 is 0 Å². The Morgan fingerprint density at radius 1 is 0.870 bits per heavy atom. The molecular formula is C21H28N2. The van der Waals surface area contributed by atoms with E-state index >= 15 is 0 Å². The fourth-order valence-corrected chi connectivity index (χ4v) is 2.23. The highest BCUT2D eigenvalue weighted by atomic mass is 14.7. The quantitative estimate of drug-likeness (QED) is 0.583. The second-order valence-electron chi connectivity index (χ2n) is 4.56. The van der Waals surface area contributed by atoms with Gasteiger partial charge in [0.05, 0.1) is 0 Å². The Balaban J connectivity index is 0.000000615. The van der Waals surface area contributed by atoms with Crippen LogP contribution in [0.15, 0.2) is 65.8 Å². The third-order valence-corrected chi connectivity index (χ3v) is 3.23. The molecule has 0 saturated heterocycles. The topological polar surface area (TPSA) is 28.1 Å². The van der Waals surface area contributed by atoms with Gasteiger partial charge in [-0.2, -0.15) is 0 Å². The monoisotopic (exact) mass is 308 g/mol. The lowest BCUT2D eigenvalue weighted by Gasteiger charge is -1.96. The van der Waals surface area contributed by atoms with Crippen molar-refractivity contribution in [1.82, 2.24) is 4.98 Å². The Labute approximate surface area is 140 Å². The summed E-state index contributed by atoms with van der Waals surface area (Å²) in [6.07, 6.45) is 4.99. The molecule has 2 heteroatoms. The van der Waals surface area contributed by atoms with Crippen LogP contribution in [0.3, 0.4) is 0 Å². The van der Waals surface area contributed by atoms with Crippen LogP contribution in [-0.2, 0) is 6.42 Å². The van der Waals surface area contributed by atoms with Gasteiger partial charge in [-0.15, -0.1) is 0 Å². The minimum absolute atomic E-state index is 0.816. The normalized spacial score (nSPS) is 9.91. The molecule has 0 aliphatic rings. The summed E-state index contributed by atoms with van der Waals surface area (Å²) in [7, 11) is 0. The Morgan fingerprint density at radius 2 is 1.52 bits per heavy atom. The van der Waals surface area contributed by atoms with E-state index in [1.807, 2.05) is 52.1 Å². The molecule has 0 spiro atoms. The van der Waals surface area contributed by atoms with Crippen LogP contribution in [0.2, 0.25) is 0 Å². The fourth-order valence-electron chi connectivity index (χ4n) is 2.23. The van der Waals surface area contributed by atoms with Gasteiger partial charge in [-0.05, 0) is 23.6 Å². The van der Waals surface area contributed by atoms with Crippen molar-refractivity contribution in [2.75, 3.05) is 6.54 Å². The molecule has 0 radical (unpaired) electrons. The van der Waals surface area contributed by atoms with Crippen LogP contribution in [0.4, 0.5) is 0 Å². The van der Waals surface area contributed by atoms with Gasteiger partial charge in [0.25, 0.3) is 0 Å². The number of hydrogen-bond donors (Lipinski definition) is 1. The van der Waals surface area contributed by atoms with Crippen LogP contribution < -0.4 is 0 Å². The zero-order chi connectivity index (χ0) is 16.9. The van der Waals surface area contributed by atoms with E-state index in [1.165, 1.54) is 16.5 Å². The molecule has 3 aromatic rings. The molecule has 0 amide bonds. The summed E-state index contributed by atoms with van der Waals surface area (Å²) in [4.78, 5) is 7.78. The number of nitrogens with zero attached hydrogens (tertiary/aromatic N) is 1. The molecule has 0 fully saturated rings. The van der Waals surface area contributed by atoms with Crippen molar-refractivity contribution in [3.05, 3.63) is 71.9 Å². The Bertz CT molecular complexity index is 681. The lowest BCUT2D eigenvalue weighted by molar-refractivity contribution is 0.981. The number of para-hydroxylation sites is 1. The van der Waals surface area contributed by atoms with Crippen molar-refractivity contribution in [2.24, 2.45) is 4.99 Å². The molecule has 1 aromatic heterocycles. The smallest absolute Gasteiger partial charge is 0.0456 e. The molecule has 2 aromatic carbocycles. The molecule has 0 aliphatic carbocycles. The van der Waals surface area contributed by atoms with Crippen LogP contribution in [0.1, 0.15) is 38.8 Å². The molecule has 0 aliphatic heterocycles. The summed E-state index contributed by atoms with van der Waals surface area (Å²) in [5.41, 5.74) is 3.69. The first kappa shape index (κ1) is 18.7. The van der Waals surface area contributed by atoms with E-state index in [0.29, 0.717) is 0 Å². The van der Waals surface area contributed by atoms with Gasteiger partial charge < -0.3 is 4.98 Å². The zero-order valence-electron chi connectivity index (χ0n) is 14.7. The van der Waals surface area contributed by atoms with Crippen LogP contribution >= 0.6 is 0 Å². The highest BCUT2D eigenvalue weighted by molar-refractivity contribution is 5.83. The number of nitrogens with one attached hydrogen (secondary N) is 1. The van der Waals surface area contributed by atoms with Crippen molar-refractivity contribution in [3.63, 3.8) is 0 Å². The number of aromatic amines is 1. The largest absolute Gasteiger partial charge is 0.361 e. The number of aromatic nitrogens is 1. The highest BCUT2D eigenvalue weighted by Crippen LogP contribution is 2.17. The van der Waals surface area contributed by atoms with Crippen molar-refractivity contribution >= 4 is 17.1 Å². The summed E-state index contributed by atoms with van der Waals surface area (Å²) < 4.78 is 0. The van der Waals surface area contributed by atoms with Crippen LogP contribution in [0.25, 0.3) is 10.9 Å². The predicted octanol–water partition coefficient (Wildman–Crippen LogP) is 5.88. The van der Waals surface area contributed by atoms with E-state index in [0.717, 1.165) is 18.5 Å². The van der Waals surface area contributed by atoms with Gasteiger partial charge >= 0.3 is 0 Å². The molecule has 0 saturated carbocycles. The van der Waals surface area contributed by atoms with Crippen molar-refractivity contribution in [3.8, 4) is 0 Å². The van der Waals surface area contributed by atoms with Crippen molar-refractivity contribution in [2.45, 2.75) is 34.1 Å². The summed E-state index contributed by atoms with van der Waals surface area (Å²) in [5.74, 6) is 0. The minimum atomic E-state index is 0.816. The first-order chi connectivity index (χ1) is 11.4. The number of benzene rings is 2. The van der Waals surface area contributed by atoms with Crippen molar-refractivity contribution in [1.29, 1.82) is 0 Å². The van der Waals surface area contributed by atoms with Gasteiger partial charge in [0.15, 0.2) is 0 Å². The maximum absolute atomic E-state index is 4.48. The molecule has 122 valence electrons. The molecule has 0 atom stereocenters. The average Bonchev–Trinajstić information content (AvgIpc) is 3.06. The highest BCUT2D eigenvalue weighted by Gasteiger charge is 2.01. The third kappa shape index (κ3) is 5.74. The van der Waals surface area contributed by atoms with Gasteiger partial charge in [-0.1, -0.05) is 76.2 Å². The Morgan fingerprint density at radius 3 is 2.26 bits per heavy atom. The van der Waals surface area contributed by atoms with Gasteiger partial charge in [-0.25, -0.2) is 0 Å². The first-order valence-electron chi connectivity index (χ1n) is 8.53. The predicted molar refractivity (Wildman–Crippen MR) is 104 cm³/mol. The molecule has 1 heterocycles. The lowest BCUT2D eigenvalue weighted by Crippen LogP contribution is -1.89. The minimum Gasteiger partial charge on any atom is -0.361 e. The van der Waals surface area contributed by atoms with E-state index < -0.39 is 0 Å². The maximum Gasteiger partial charge on any atom is 0.0456 e. The summed E-state index contributed by atoms with van der Waals surface area (Å²) in [6, 6.07) is 18.6. The number of hydrogen-bond acceptors (Lipinski definition) is 1. The lowest BCUT2D eigenvalue weighted by atomic mass is 10.1. The summed E-state index contributed by atoms with van der Waals surface area (Å²) in [6.45, 7) is 8.82. The van der Waals surface area contributed by atoms with E-state index in [-0.39, 0.29) is 0 Å². The Kier molecular flexibility index (Phi) is 9.14. The van der Waals surface area contributed by atoms with E-state index in [9.17, 15) is 0 Å². The molecule has 0 unspecified atom stereocenters. The molecule has 1 N–H and O–H groups in total. The molecule has 2 nitrogen and oxygen atoms in total. The third-order valence-electron chi connectivity index (χ3n) is 3.23.